The molecule has 132 valence electrons. The quantitative estimate of drug-likeness (QED) is 0.705. The topological polar surface area (TPSA) is 72.2 Å². The summed E-state index contributed by atoms with van der Waals surface area (Å²) in [5, 5.41) is 3.35. The number of nitrogens with two attached hydrogens (primary N) is 1. The Labute approximate surface area is 156 Å². The van der Waals surface area contributed by atoms with E-state index in [1.807, 2.05) is 63.2 Å². The van der Waals surface area contributed by atoms with Crippen molar-refractivity contribution in [2.45, 2.75) is 20.8 Å². The average molecular weight is 364 g/mol. The molecule has 0 fully saturated rings. The van der Waals surface area contributed by atoms with Crippen molar-refractivity contribution in [1.29, 1.82) is 0 Å². The molecule has 0 aliphatic carbocycles. The molecule has 0 unspecified atom stereocenters. The minimum Gasteiger partial charge on any atom is -0.365 e. The van der Waals surface area contributed by atoms with Crippen LogP contribution in [0.4, 0.5) is 5.00 Å². The third-order valence-electron chi connectivity index (χ3n) is 4.39. The Morgan fingerprint density at radius 1 is 0.962 bits per heavy atom. The van der Waals surface area contributed by atoms with Crippen LogP contribution in [-0.2, 0) is 0 Å². The van der Waals surface area contributed by atoms with Gasteiger partial charge in [-0.3, -0.25) is 9.59 Å². The fourth-order valence-electron chi connectivity index (χ4n) is 2.88. The molecule has 5 heteroatoms. The van der Waals surface area contributed by atoms with Crippen molar-refractivity contribution in [3.63, 3.8) is 0 Å². The van der Waals surface area contributed by atoms with Crippen LogP contribution in [0.1, 0.15) is 36.7 Å². The second kappa shape index (κ2) is 7.14. The van der Waals surface area contributed by atoms with Crippen molar-refractivity contribution >= 4 is 28.2 Å². The molecule has 0 saturated carbocycles. The Balaban J connectivity index is 2.02. The van der Waals surface area contributed by atoms with Crippen LogP contribution in [0.2, 0.25) is 0 Å². The van der Waals surface area contributed by atoms with E-state index in [-0.39, 0.29) is 5.91 Å². The smallest absolute Gasteiger partial charge is 0.256 e. The second-order valence-electron chi connectivity index (χ2n) is 6.22. The SMILES string of the molecule is Cc1ccc(C(=O)Nc2sc(C)c(-c3ccccc3)c2C(N)=O)cc1C. The third kappa shape index (κ3) is 3.39. The summed E-state index contributed by atoms with van der Waals surface area (Å²) < 4.78 is 0. The predicted molar refractivity (Wildman–Crippen MR) is 107 cm³/mol. The van der Waals surface area contributed by atoms with Crippen molar-refractivity contribution in [2.24, 2.45) is 5.73 Å². The first-order valence-corrected chi connectivity index (χ1v) is 9.07. The fourth-order valence-corrected chi connectivity index (χ4v) is 3.95. The molecular weight excluding hydrogens is 344 g/mol. The summed E-state index contributed by atoms with van der Waals surface area (Å²) in [6.45, 7) is 5.88. The van der Waals surface area contributed by atoms with Gasteiger partial charge in [0.25, 0.3) is 11.8 Å². The zero-order valence-electron chi connectivity index (χ0n) is 14.9. The number of nitrogens with one attached hydrogen (secondary N) is 1. The monoisotopic (exact) mass is 364 g/mol. The van der Waals surface area contributed by atoms with Crippen molar-refractivity contribution in [3.8, 4) is 11.1 Å². The van der Waals surface area contributed by atoms with E-state index in [0.717, 1.165) is 27.1 Å². The van der Waals surface area contributed by atoms with E-state index in [1.54, 1.807) is 6.07 Å². The normalized spacial score (nSPS) is 10.6. The molecule has 2 amide bonds. The second-order valence-corrected chi connectivity index (χ2v) is 7.45. The van der Waals surface area contributed by atoms with Gasteiger partial charge in [-0.1, -0.05) is 36.4 Å². The molecule has 0 aliphatic rings. The molecule has 2 aromatic carbocycles. The van der Waals surface area contributed by atoms with Crippen LogP contribution in [0.25, 0.3) is 11.1 Å². The number of amides is 2. The molecule has 26 heavy (non-hydrogen) atoms. The van der Waals surface area contributed by atoms with Crippen LogP contribution in [-0.4, -0.2) is 11.8 Å². The van der Waals surface area contributed by atoms with Gasteiger partial charge in [-0.15, -0.1) is 11.3 Å². The first kappa shape index (κ1) is 17.9. The van der Waals surface area contributed by atoms with Crippen LogP contribution in [0.5, 0.6) is 0 Å². The van der Waals surface area contributed by atoms with Crippen molar-refractivity contribution in [1.82, 2.24) is 0 Å². The number of hydrogen-bond acceptors (Lipinski definition) is 3. The van der Waals surface area contributed by atoms with Gasteiger partial charge in [0.2, 0.25) is 0 Å². The molecule has 1 aromatic heterocycles. The maximum Gasteiger partial charge on any atom is 0.256 e. The molecule has 0 radical (unpaired) electrons. The Kier molecular flexibility index (Phi) is 4.91. The number of primary amides is 1. The summed E-state index contributed by atoms with van der Waals surface area (Å²) in [7, 11) is 0. The maximum atomic E-state index is 12.7. The van der Waals surface area contributed by atoms with Gasteiger partial charge in [0.1, 0.15) is 5.00 Å². The van der Waals surface area contributed by atoms with Gasteiger partial charge in [-0.2, -0.15) is 0 Å². The zero-order chi connectivity index (χ0) is 18.8. The van der Waals surface area contributed by atoms with E-state index in [1.165, 1.54) is 11.3 Å². The van der Waals surface area contributed by atoms with Gasteiger partial charge in [0.15, 0.2) is 0 Å². The number of anilines is 1. The van der Waals surface area contributed by atoms with Crippen LogP contribution < -0.4 is 11.1 Å². The van der Waals surface area contributed by atoms with Gasteiger partial charge in [-0.05, 0) is 49.6 Å². The fraction of sp³-hybridized carbons (Fsp3) is 0.143. The number of carbonyl (C=O) groups is 2. The third-order valence-corrected chi connectivity index (χ3v) is 5.41. The van der Waals surface area contributed by atoms with Crippen LogP contribution in [0.3, 0.4) is 0 Å². The van der Waals surface area contributed by atoms with E-state index in [0.29, 0.717) is 16.1 Å². The van der Waals surface area contributed by atoms with Crippen molar-refractivity contribution in [3.05, 3.63) is 75.7 Å². The van der Waals surface area contributed by atoms with Crippen LogP contribution >= 0.6 is 11.3 Å². The Hall–Kier alpha value is -2.92. The molecule has 0 aliphatic heterocycles. The Morgan fingerprint density at radius 3 is 2.27 bits per heavy atom. The molecule has 3 rings (SSSR count). The lowest BCUT2D eigenvalue weighted by atomic mass is 10.0. The van der Waals surface area contributed by atoms with E-state index < -0.39 is 5.91 Å². The summed E-state index contributed by atoms with van der Waals surface area (Å²) in [6.07, 6.45) is 0. The van der Waals surface area contributed by atoms with Gasteiger partial charge >= 0.3 is 0 Å². The van der Waals surface area contributed by atoms with Crippen molar-refractivity contribution in [2.75, 3.05) is 5.32 Å². The molecule has 0 atom stereocenters. The molecule has 3 aromatic rings. The molecule has 4 nitrogen and oxygen atoms in total. The maximum absolute atomic E-state index is 12.7. The number of benzene rings is 2. The van der Waals surface area contributed by atoms with E-state index in [4.69, 9.17) is 5.73 Å². The standard InChI is InChI=1S/C21H20N2O2S/c1-12-9-10-16(11-13(12)2)20(25)23-21-18(19(22)24)17(14(3)26-21)15-7-5-4-6-8-15/h4-11H,1-3H3,(H2,22,24)(H,23,25). The summed E-state index contributed by atoms with van der Waals surface area (Å²) in [5.74, 6) is -0.806. The number of thiophene rings is 1. The lowest BCUT2D eigenvalue weighted by Gasteiger charge is -2.08. The Bertz CT molecular complexity index is 991. The van der Waals surface area contributed by atoms with E-state index in [9.17, 15) is 9.59 Å². The highest BCUT2D eigenvalue weighted by Gasteiger charge is 2.23. The highest BCUT2D eigenvalue weighted by Crippen LogP contribution is 2.39. The first-order valence-electron chi connectivity index (χ1n) is 8.25. The lowest BCUT2D eigenvalue weighted by molar-refractivity contribution is 0.100. The molecular formula is C21H20N2O2S. The predicted octanol–water partition coefficient (Wildman–Crippen LogP) is 4.69. The lowest BCUT2D eigenvalue weighted by Crippen LogP contribution is -2.17. The van der Waals surface area contributed by atoms with Gasteiger partial charge in [-0.25, -0.2) is 0 Å². The highest BCUT2D eigenvalue weighted by atomic mass is 32.1. The van der Waals surface area contributed by atoms with Crippen LogP contribution in [0, 0.1) is 20.8 Å². The summed E-state index contributed by atoms with van der Waals surface area (Å²) >= 11 is 1.36. The van der Waals surface area contributed by atoms with Crippen LogP contribution in [0.15, 0.2) is 48.5 Å². The minimum absolute atomic E-state index is 0.253. The van der Waals surface area contributed by atoms with E-state index in [2.05, 4.69) is 5.32 Å². The van der Waals surface area contributed by atoms with Gasteiger partial charge in [0, 0.05) is 16.0 Å². The van der Waals surface area contributed by atoms with Gasteiger partial charge in [0.05, 0.1) is 5.56 Å². The molecule has 1 heterocycles. The summed E-state index contributed by atoms with van der Waals surface area (Å²) in [5.41, 5.74) is 10.4. The number of carbonyl (C=O) groups excluding carboxylic acids is 2. The van der Waals surface area contributed by atoms with Gasteiger partial charge < -0.3 is 11.1 Å². The average Bonchev–Trinajstić information content (AvgIpc) is 2.94. The van der Waals surface area contributed by atoms with E-state index >= 15 is 0 Å². The highest BCUT2D eigenvalue weighted by molar-refractivity contribution is 7.17. The molecule has 0 saturated heterocycles. The summed E-state index contributed by atoms with van der Waals surface area (Å²) in [6, 6.07) is 15.1. The number of aryl methyl sites for hydroxylation is 3. The number of rotatable bonds is 4. The number of hydrogen-bond donors (Lipinski definition) is 2. The molecule has 3 N–H and O–H groups in total. The molecule has 0 spiro atoms. The first-order chi connectivity index (χ1) is 12.4. The largest absolute Gasteiger partial charge is 0.365 e. The minimum atomic E-state index is -0.552. The summed E-state index contributed by atoms with van der Waals surface area (Å²) in [4.78, 5) is 25.7. The van der Waals surface area contributed by atoms with Crippen molar-refractivity contribution < 1.29 is 9.59 Å². The Morgan fingerprint density at radius 2 is 1.65 bits per heavy atom. The zero-order valence-corrected chi connectivity index (χ0v) is 15.7. The molecule has 0 bridgehead atoms.